The summed E-state index contributed by atoms with van der Waals surface area (Å²) < 4.78 is 52.2. The van der Waals surface area contributed by atoms with Gasteiger partial charge in [-0.25, -0.2) is 8.42 Å². The van der Waals surface area contributed by atoms with E-state index >= 15 is 0 Å². The Morgan fingerprint density at radius 2 is 1.95 bits per heavy atom. The van der Waals surface area contributed by atoms with Crippen LogP contribution in [0.15, 0.2) is 24.3 Å². The second-order valence-electron chi connectivity index (χ2n) is 4.15. The van der Waals surface area contributed by atoms with Crippen LogP contribution in [-0.2, 0) is 20.4 Å². The Kier molecular flexibility index (Phi) is 5.41. The summed E-state index contributed by atoms with van der Waals surface area (Å²) in [6.07, 6.45) is 0.541. The SMILES string of the molecule is C[C@H](C=O)CS(=O)(=O)Cc1ccccc1OC(F)F. The smallest absolute Gasteiger partial charge is 0.387 e. The van der Waals surface area contributed by atoms with E-state index in [9.17, 15) is 22.0 Å². The molecule has 0 saturated heterocycles. The van der Waals surface area contributed by atoms with Gasteiger partial charge in [-0.3, -0.25) is 0 Å². The molecule has 106 valence electrons. The van der Waals surface area contributed by atoms with Gasteiger partial charge in [0, 0.05) is 11.5 Å². The highest BCUT2D eigenvalue weighted by Crippen LogP contribution is 2.23. The van der Waals surface area contributed by atoms with Crippen LogP contribution in [0.5, 0.6) is 5.75 Å². The molecule has 0 aliphatic heterocycles. The fraction of sp³-hybridized carbons (Fsp3) is 0.417. The van der Waals surface area contributed by atoms with Gasteiger partial charge in [0.25, 0.3) is 0 Å². The Balaban J connectivity index is 2.89. The van der Waals surface area contributed by atoms with E-state index in [-0.39, 0.29) is 17.1 Å². The number of benzene rings is 1. The first-order chi connectivity index (χ1) is 8.84. The number of para-hydroxylation sites is 1. The molecule has 0 bridgehead atoms. The molecular weight excluding hydrogens is 278 g/mol. The minimum absolute atomic E-state index is 0.154. The zero-order chi connectivity index (χ0) is 14.5. The van der Waals surface area contributed by atoms with Crippen molar-refractivity contribution in [3.8, 4) is 5.75 Å². The number of alkyl halides is 2. The van der Waals surface area contributed by atoms with Gasteiger partial charge in [0.05, 0.1) is 11.5 Å². The molecule has 1 atom stereocenters. The van der Waals surface area contributed by atoms with Crippen LogP contribution in [0.2, 0.25) is 0 Å². The van der Waals surface area contributed by atoms with Gasteiger partial charge in [0.15, 0.2) is 9.84 Å². The molecule has 0 N–H and O–H groups in total. The van der Waals surface area contributed by atoms with Crippen LogP contribution >= 0.6 is 0 Å². The summed E-state index contributed by atoms with van der Waals surface area (Å²) in [6.45, 7) is -1.54. The first-order valence-corrected chi connectivity index (χ1v) is 7.34. The first kappa shape index (κ1) is 15.6. The molecule has 0 saturated carbocycles. The number of hydrogen-bond donors (Lipinski definition) is 0. The van der Waals surface area contributed by atoms with Crippen molar-refractivity contribution >= 4 is 16.1 Å². The first-order valence-electron chi connectivity index (χ1n) is 5.52. The fourth-order valence-corrected chi connectivity index (χ4v) is 3.28. The maximum absolute atomic E-state index is 12.2. The van der Waals surface area contributed by atoms with Gasteiger partial charge >= 0.3 is 6.61 Å². The summed E-state index contributed by atoms with van der Waals surface area (Å²) in [5.41, 5.74) is 0.154. The molecule has 0 aliphatic carbocycles. The molecule has 0 radical (unpaired) electrons. The molecule has 0 spiro atoms. The summed E-state index contributed by atoms with van der Waals surface area (Å²) in [4.78, 5) is 10.5. The normalized spacial score (nSPS) is 13.3. The molecular formula is C12H14F2O4S. The molecule has 4 nitrogen and oxygen atoms in total. The highest BCUT2D eigenvalue weighted by molar-refractivity contribution is 7.90. The minimum atomic E-state index is -3.56. The lowest BCUT2D eigenvalue weighted by Gasteiger charge is -2.11. The molecule has 0 amide bonds. The number of rotatable bonds is 7. The van der Waals surface area contributed by atoms with Gasteiger partial charge in [0.2, 0.25) is 0 Å². The summed E-state index contributed by atoms with van der Waals surface area (Å²) in [7, 11) is -3.56. The lowest BCUT2D eigenvalue weighted by Crippen LogP contribution is -2.17. The predicted octanol–water partition coefficient (Wildman–Crippen LogP) is 2.04. The van der Waals surface area contributed by atoms with Crippen molar-refractivity contribution in [1.29, 1.82) is 0 Å². The van der Waals surface area contributed by atoms with Crippen molar-refractivity contribution in [3.63, 3.8) is 0 Å². The topological polar surface area (TPSA) is 60.4 Å². The number of aldehydes is 1. The van der Waals surface area contributed by atoms with Crippen LogP contribution < -0.4 is 4.74 Å². The number of ether oxygens (including phenoxy) is 1. The van der Waals surface area contributed by atoms with Gasteiger partial charge in [-0.1, -0.05) is 25.1 Å². The molecule has 0 unspecified atom stereocenters. The van der Waals surface area contributed by atoms with Crippen molar-refractivity contribution in [2.75, 3.05) is 5.75 Å². The van der Waals surface area contributed by atoms with E-state index in [1.54, 1.807) is 0 Å². The second-order valence-corrected chi connectivity index (χ2v) is 6.26. The Bertz CT molecular complexity index is 528. The van der Waals surface area contributed by atoms with Gasteiger partial charge in [-0.15, -0.1) is 0 Å². The van der Waals surface area contributed by atoms with Crippen molar-refractivity contribution in [2.45, 2.75) is 19.3 Å². The van der Waals surface area contributed by atoms with Crippen LogP contribution in [0.1, 0.15) is 12.5 Å². The van der Waals surface area contributed by atoms with Gasteiger partial charge < -0.3 is 9.53 Å². The molecule has 0 heterocycles. The van der Waals surface area contributed by atoms with E-state index in [0.717, 1.165) is 0 Å². The average Bonchev–Trinajstić information content (AvgIpc) is 2.30. The number of carbonyl (C=O) groups is 1. The van der Waals surface area contributed by atoms with Gasteiger partial charge in [0.1, 0.15) is 12.0 Å². The van der Waals surface area contributed by atoms with Crippen molar-refractivity contribution in [3.05, 3.63) is 29.8 Å². The lowest BCUT2D eigenvalue weighted by atomic mass is 10.2. The summed E-state index contributed by atoms with van der Waals surface area (Å²) in [5.74, 6) is -1.55. The Hall–Kier alpha value is -1.50. The van der Waals surface area contributed by atoms with Crippen molar-refractivity contribution in [2.24, 2.45) is 5.92 Å². The molecule has 19 heavy (non-hydrogen) atoms. The molecule has 1 aromatic carbocycles. The minimum Gasteiger partial charge on any atom is -0.435 e. The molecule has 7 heteroatoms. The molecule has 0 aromatic heterocycles. The highest BCUT2D eigenvalue weighted by atomic mass is 32.2. The molecule has 0 fully saturated rings. The summed E-state index contributed by atoms with van der Waals surface area (Å²) in [5, 5.41) is 0. The lowest BCUT2D eigenvalue weighted by molar-refractivity contribution is -0.110. The average molecular weight is 292 g/mol. The van der Waals surface area contributed by atoms with Crippen molar-refractivity contribution < 1.29 is 26.7 Å². The van der Waals surface area contributed by atoms with Crippen LogP contribution in [0.25, 0.3) is 0 Å². The maximum atomic E-state index is 12.2. The van der Waals surface area contributed by atoms with E-state index in [0.29, 0.717) is 6.29 Å². The van der Waals surface area contributed by atoms with Crippen LogP contribution in [0.3, 0.4) is 0 Å². The standard InChI is InChI=1S/C12H14F2O4S/c1-9(6-15)7-19(16,17)8-10-4-2-3-5-11(10)18-12(13)14/h2-6,9,12H,7-8H2,1H3/t9-/m1/s1. The van der Waals surface area contributed by atoms with Crippen LogP contribution in [0.4, 0.5) is 8.78 Å². The third-order valence-electron chi connectivity index (χ3n) is 2.31. The van der Waals surface area contributed by atoms with Crippen molar-refractivity contribution in [1.82, 2.24) is 0 Å². The molecule has 1 aromatic rings. The second kappa shape index (κ2) is 6.60. The largest absolute Gasteiger partial charge is 0.435 e. The number of hydrogen-bond acceptors (Lipinski definition) is 4. The highest BCUT2D eigenvalue weighted by Gasteiger charge is 2.19. The Morgan fingerprint density at radius 3 is 2.53 bits per heavy atom. The van der Waals surface area contributed by atoms with E-state index in [4.69, 9.17) is 0 Å². The predicted molar refractivity (Wildman–Crippen MR) is 65.8 cm³/mol. The zero-order valence-electron chi connectivity index (χ0n) is 10.3. The molecule has 1 rings (SSSR count). The number of halogens is 2. The van der Waals surface area contributed by atoms with Crippen LogP contribution in [0, 0.1) is 5.92 Å². The quantitative estimate of drug-likeness (QED) is 0.722. The number of sulfone groups is 1. The third-order valence-corrected chi connectivity index (χ3v) is 4.10. The zero-order valence-corrected chi connectivity index (χ0v) is 11.1. The van der Waals surface area contributed by atoms with E-state index < -0.39 is 28.1 Å². The van der Waals surface area contributed by atoms with E-state index in [1.807, 2.05) is 0 Å². The Morgan fingerprint density at radius 1 is 1.32 bits per heavy atom. The van der Waals surface area contributed by atoms with E-state index in [1.165, 1.54) is 31.2 Å². The van der Waals surface area contributed by atoms with Gasteiger partial charge in [-0.05, 0) is 6.07 Å². The maximum Gasteiger partial charge on any atom is 0.387 e. The van der Waals surface area contributed by atoms with E-state index in [2.05, 4.69) is 4.74 Å². The third kappa shape index (κ3) is 5.34. The Labute approximate surface area is 110 Å². The van der Waals surface area contributed by atoms with Crippen LogP contribution in [-0.4, -0.2) is 27.1 Å². The summed E-state index contributed by atoms with van der Waals surface area (Å²) in [6, 6.07) is 5.69. The summed E-state index contributed by atoms with van der Waals surface area (Å²) >= 11 is 0. The fourth-order valence-electron chi connectivity index (χ4n) is 1.57. The monoisotopic (exact) mass is 292 g/mol. The number of carbonyl (C=O) groups excluding carboxylic acids is 1. The molecule has 0 aliphatic rings. The van der Waals surface area contributed by atoms with Gasteiger partial charge in [-0.2, -0.15) is 8.78 Å².